The quantitative estimate of drug-likeness (QED) is 0.160. The van der Waals surface area contributed by atoms with Gasteiger partial charge in [-0.2, -0.15) is 0 Å². The highest BCUT2D eigenvalue weighted by Crippen LogP contribution is 2.33. The fourth-order valence-corrected chi connectivity index (χ4v) is 6.56. The largest absolute Gasteiger partial charge is 0.481 e. The number of benzene rings is 2. The van der Waals surface area contributed by atoms with Crippen LogP contribution in [-0.2, 0) is 23.9 Å². The van der Waals surface area contributed by atoms with Crippen LogP contribution in [0, 0.1) is 11.8 Å². The third-order valence-electron chi connectivity index (χ3n) is 9.11. The molecule has 5 N–H and O–H groups in total. The molecule has 16 heteroatoms. The van der Waals surface area contributed by atoms with E-state index < -0.39 is 42.6 Å². The molecule has 2 aromatic heterocycles. The van der Waals surface area contributed by atoms with E-state index in [2.05, 4.69) is 46.9 Å². The molecule has 52 heavy (non-hydrogen) atoms. The second kappa shape index (κ2) is 15.7. The molecule has 2 aliphatic heterocycles. The van der Waals surface area contributed by atoms with Gasteiger partial charge in [-0.05, 0) is 61.6 Å². The summed E-state index contributed by atoms with van der Waals surface area (Å²) in [5.41, 5.74) is 4.71. The number of rotatable bonds is 9. The van der Waals surface area contributed by atoms with E-state index in [4.69, 9.17) is 4.98 Å². The summed E-state index contributed by atoms with van der Waals surface area (Å²) in [6.07, 6.45) is 2.55. The minimum atomic E-state index is -1.27. The van der Waals surface area contributed by atoms with Crippen LogP contribution in [0.5, 0.6) is 0 Å². The number of aliphatic carboxylic acids is 1. The summed E-state index contributed by atoms with van der Waals surface area (Å²) in [7, 11) is 2.39. The van der Waals surface area contributed by atoms with Crippen molar-refractivity contribution in [1.82, 2.24) is 40.4 Å². The molecule has 0 spiro atoms. The van der Waals surface area contributed by atoms with E-state index in [-0.39, 0.29) is 18.5 Å². The van der Waals surface area contributed by atoms with E-state index in [1.807, 2.05) is 42.5 Å². The number of imidazole rings is 2. The topological polar surface area (TPSA) is 212 Å². The van der Waals surface area contributed by atoms with Crippen molar-refractivity contribution < 1.29 is 38.6 Å². The van der Waals surface area contributed by atoms with Gasteiger partial charge in [0.25, 0.3) is 0 Å². The first kappa shape index (κ1) is 35.5. The normalized spacial score (nSPS) is 17.3. The molecule has 0 radical (unpaired) electrons. The lowest BCUT2D eigenvalue weighted by atomic mass is 10.1. The van der Waals surface area contributed by atoms with Crippen molar-refractivity contribution in [2.24, 2.45) is 0 Å². The number of hydrogen-bond acceptors (Lipinski definition) is 9. The van der Waals surface area contributed by atoms with Crippen LogP contribution in [0.15, 0.2) is 48.7 Å². The van der Waals surface area contributed by atoms with E-state index in [0.717, 1.165) is 47.9 Å². The molecule has 4 aromatic rings. The lowest BCUT2D eigenvalue weighted by molar-refractivity contribution is -0.143. The molecule has 0 saturated carbocycles. The number of aromatic nitrogens is 4. The van der Waals surface area contributed by atoms with E-state index in [0.29, 0.717) is 43.1 Å². The molecule has 2 saturated heterocycles. The van der Waals surface area contributed by atoms with Gasteiger partial charge in [0.2, 0.25) is 11.8 Å². The minimum absolute atomic E-state index is 0.145. The van der Waals surface area contributed by atoms with Crippen LogP contribution < -0.4 is 10.6 Å². The summed E-state index contributed by atoms with van der Waals surface area (Å²) in [5, 5.41) is 14.1. The summed E-state index contributed by atoms with van der Waals surface area (Å²) in [6, 6.07) is 11.4. The maximum absolute atomic E-state index is 13.3. The van der Waals surface area contributed by atoms with E-state index >= 15 is 0 Å². The first-order valence-corrected chi connectivity index (χ1v) is 16.8. The number of fused-ring (bicyclic) bond motifs is 1. The van der Waals surface area contributed by atoms with Crippen LogP contribution in [-0.4, -0.2) is 105 Å². The molecule has 2 aromatic carbocycles. The highest BCUT2D eigenvalue weighted by Gasteiger charge is 2.37. The number of nitrogens with zero attached hydrogens (tertiary/aromatic N) is 4. The van der Waals surface area contributed by atoms with Crippen molar-refractivity contribution in [1.29, 1.82) is 0 Å². The number of carboxylic acid groups (broad SMARTS) is 1. The predicted molar refractivity (Wildman–Crippen MR) is 185 cm³/mol. The average molecular weight is 711 g/mol. The van der Waals surface area contributed by atoms with E-state index in [9.17, 15) is 29.1 Å². The minimum Gasteiger partial charge on any atom is -0.481 e. The molecule has 3 atom stereocenters. The van der Waals surface area contributed by atoms with Crippen molar-refractivity contribution in [3.63, 3.8) is 0 Å². The SMILES string of the molecule is COC(=O)NCC(=O)N1CCC[C@H]1c1ncc(-c2ccc(C#Cc3ccc4nc([C@@H]5CCCN5C(=O)[C@H](CC(=O)O)NC(=O)OC)[nH]c4c3)cc2)[nH]1. The Morgan fingerprint density at radius 2 is 1.58 bits per heavy atom. The Morgan fingerprint density at radius 1 is 0.904 bits per heavy atom. The third kappa shape index (κ3) is 7.99. The monoisotopic (exact) mass is 710 g/mol. The first-order chi connectivity index (χ1) is 25.1. The smallest absolute Gasteiger partial charge is 0.407 e. The van der Waals surface area contributed by atoms with Gasteiger partial charge in [0.15, 0.2) is 0 Å². The van der Waals surface area contributed by atoms with Gasteiger partial charge in [0.05, 0.1) is 55.6 Å². The molecule has 6 rings (SSSR count). The van der Waals surface area contributed by atoms with Crippen molar-refractivity contribution in [3.05, 3.63) is 71.4 Å². The Kier molecular flexibility index (Phi) is 10.7. The van der Waals surface area contributed by atoms with Crippen LogP contribution in [0.2, 0.25) is 0 Å². The summed E-state index contributed by atoms with van der Waals surface area (Å²) in [4.78, 5) is 79.8. The van der Waals surface area contributed by atoms with Gasteiger partial charge in [0.1, 0.15) is 24.2 Å². The molecule has 2 fully saturated rings. The standard InChI is InChI=1S/C36H38N8O8/c1-51-35(49)38-20-30(45)43-15-3-5-28(43)32-37-19-27(41-32)23-12-9-21(10-13-23)7-8-22-11-14-24-25(17-22)40-33(39-24)29-6-4-16-44(29)34(48)26(18-31(46)47)42-36(50)52-2/h9-14,17,19,26,28-29H,3-6,15-16,18,20H2,1-2H3,(H,37,41)(H,38,49)(H,39,40)(H,42,50)(H,46,47)/t26-,28-,29-/m0/s1. The highest BCUT2D eigenvalue weighted by atomic mass is 16.5. The molecular formula is C36H38N8O8. The number of amides is 4. The summed E-state index contributed by atoms with van der Waals surface area (Å²) >= 11 is 0. The molecular weight excluding hydrogens is 672 g/mol. The summed E-state index contributed by atoms with van der Waals surface area (Å²) < 4.78 is 9.13. The van der Waals surface area contributed by atoms with Gasteiger partial charge in [-0.25, -0.2) is 19.6 Å². The molecule has 0 bridgehead atoms. The fraction of sp³-hybridized carbons (Fsp3) is 0.361. The number of hydrogen-bond donors (Lipinski definition) is 5. The molecule has 0 unspecified atom stereocenters. The number of methoxy groups -OCH3 is 2. The third-order valence-corrected chi connectivity index (χ3v) is 9.11. The van der Waals surface area contributed by atoms with E-state index in [1.54, 1.807) is 16.0 Å². The zero-order valence-electron chi connectivity index (χ0n) is 28.6. The Morgan fingerprint density at radius 3 is 2.29 bits per heavy atom. The van der Waals surface area contributed by atoms with Crippen LogP contribution in [0.3, 0.4) is 0 Å². The summed E-state index contributed by atoms with van der Waals surface area (Å²) in [6.45, 7) is 0.835. The number of aromatic amines is 2. The Bertz CT molecular complexity index is 2050. The van der Waals surface area contributed by atoms with Gasteiger partial charge >= 0.3 is 18.2 Å². The zero-order valence-corrected chi connectivity index (χ0v) is 28.6. The molecule has 16 nitrogen and oxygen atoms in total. The lowest BCUT2D eigenvalue weighted by Gasteiger charge is -2.27. The molecule has 4 amide bonds. The number of H-pyrrole nitrogens is 2. The zero-order chi connectivity index (χ0) is 36.8. The molecule has 0 aliphatic carbocycles. The second-order valence-electron chi connectivity index (χ2n) is 12.4. The van der Waals surface area contributed by atoms with E-state index in [1.165, 1.54) is 7.11 Å². The molecule has 270 valence electrons. The Hall–Kier alpha value is -6.37. The van der Waals surface area contributed by atoms with Crippen molar-refractivity contribution in [2.45, 2.75) is 50.2 Å². The van der Waals surface area contributed by atoms with Crippen molar-refractivity contribution >= 4 is 41.0 Å². The summed E-state index contributed by atoms with van der Waals surface area (Å²) in [5.74, 6) is 5.70. The van der Waals surface area contributed by atoms with Gasteiger partial charge < -0.3 is 45.0 Å². The van der Waals surface area contributed by atoms with Gasteiger partial charge in [0, 0.05) is 24.2 Å². The van der Waals surface area contributed by atoms with Crippen LogP contribution >= 0.6 is 0 Å². The van der Waals surface area contributed by atoms with Crippen molar-refractivity contribution in [2.75, 3.05) is 33.9 Å². The van der Waals surface area contributed by atoms with Crippen LogP contribution in [0.1, 0.15) is 67.0 Å². The number of carbonyl (C=O) groups is 5. The van der Waals surface area contributed by atoms with Gasteiger partial charge in [-0.15, -0.1) is 0 Å². The number of nitrogens with one attached hydrogen (secondary N) is 4. The Balaban J connectivity index is 1.11. The molecule has 2 aliphatic rings. The number of alkyl carbamates (subject to hydrolysis) is 2. The number of likely N-dealkylation sites (tertiary alicyclic amines) is 2. The van der Waals surface area contributed by atoms with Crippen LogP contribution in [0.25, 0.3) is 22.3 Å². The Labute approximate surface area is 298 Å². The molecule has 4 heterocycles. The predicted octanol–water partition coefficient (Wildman–Crippen LogP) is 3.24. The number of carbonyl (C=O) groups excluding carboxylic acids is 4. The number of carboxylic acids is 1. The lowest BCUT2D eigenvalue weighted by Crippen LogP contribution is -2.49. The first-order valence-electron chi connectivity index (χ1n) is 16.8. The van der Waals surface area contributed by atoms with Gasteiger partial charge in [-0.1, -0.05) is 24.0 Å². The highest BCUT2D eigenvalue weighted by molar-refractivity contribution is 5.90. The maximum Gasteiger partial charge on any atom is 0.407 e. The second-order valence-corrected chi connectivity index (χ2v) is 12.4. The fourth-order valence-electron chi connectivity index (χ4n) is 6.56. The van der Waals surface area contributed by atoms with Gasteiger partial charge in [-0.3, -0.25) is 14.4 Å². The van der Waals surface area contributed by atoms with Crippen molar-refractivity contribution in [3.8, 4) is 23.1 Å². The average Bonchev–Trinajstić information content (AvgIpc) is 3.98. The van der Waals surface area contributed by atoms with Crippen LogP contribution in [0.4, 0.5) is 9.59 Å². The maximum atomic E-state index is 13.3. The number of ether oxygens (including phenoxy) is 2.